The van der Waals surface area contributed by atoms with Crippen LogP contribution in [-0.4, -0.2) is 39.4 Å². The van der Waals surface area contributed by atoms with E-state index in [4.69, 9.17) is 20.5 Å². The van der Waals surface area contributed by atoms with Gasteiger partial charge in [0.1, 0.15) is 22.2 Å². The normalized spacial score (nSPS) is 11.2. The minimum Gasteiger partial charge on any atom is -0.497 e. The van der Waals surface area contributed by atoms with Gasteiger partial charge in [-0.3, -0.25) is 4.79 Å². The number of hydrogen-bond acceptors (Lipinski definition) is 6. The van der Waals surface area contributed by atoms with E-state index in [0.29, 0.717) is 30.0 Å². The number of carbonyl (C=O) groups is 1. The summed E-state index contributed by atoms with van der Waals surface area (Å²) < 4.78 is 51.2. The monoisotopic (exact) mass is 610 g/mol. The molecule has 1 amide bonds. The number of methoxy groups -OCH3 is 1. The molecule has 0 unspecified atom stereocenters. The average Bonchev–Trinajstić information content (AvgIpc) is 2.99. The van der Waals surface area contributed by atoms with Crippen molar-refractivity contribution in [1.82, 2.24) is 4.90 Å². The zero-order chi connectivity index (χ0) is 30.3. The number of anilines is 1. The number of ether oxygens (including phenoxy) is 1. The van der Waals surface area contributed by atoms with Crippen LogP contribution in [0, 0.1) is 5.82 Å². The second-order valence-corrected chi connectivity index (χ2v) is 11.4. The van der Waals surface area contributed by atoms with Crippen molar-refractivity contribution in [3.8, 4) is 11.5 Å². The van der Waals surface area contributed by atoms with Crippen LogP contribution in [0.15, 0.2) is 95.9 Å². The lowest BCUT2D eigenvalue weighted by Gasteiger charge is -2.26. The summed E-state index contributed by atoms with van der Waals surface area (Å²) in [7, 11) is -2.74. The Kier molecular flexibility index (Phi) is 10.1. The SMILES string of the molecule is CCN(CC)c1ccc(CN(Cc2ccc(F)cc2)C(=O)c2ccccc2Cl)c(OS(=O)(=O)c2ccc(OC)cc2)c1. The molecule has 4 rings (SSSR count). The Morgan fingerprint density at radius 3 is 2.17 bits per heavy atom. The molecule has 4 aromatic rings. The molecule has 0 saturated heterocycles. The van der Waals surface area contributed by atoms with Crippen LogP contribution in [0.25, 0.3) is 0 Å². The Morgan fingerprint density at radius 1 is 0.881 bits per heavy atom. The van der Waals surface area contributed by atoms with Crippen LogP contribution in [0.2, 0.25) is 5.02 Å². The molecule has 0 fully saturated rings. The molecule has 0 atom stereocenters. The zero-order valence-corrected chi connectivity index (χ0v) is 25.2. The van der Waals surface area contributed by atoms with E-state index in [9.17, 15) is 17.6 Å². The summed E-state index contributed by atoms with van der Waals surface area (Å²) in [6.45, 7) is 5.50. The molecular formula is C32H32ClFN2O5S. The van der Waals surface area contributed by atoms with E-state index in [1.165, 1.54) is 48.4 Å². The minimum absolute atomic E-state index is 0.00652. The lowest BCUT2D eigenvalue weighted by molar-refractivity contribution is 0.0729. The Bertz CT molecular complexity index is 1630. The topological polar surface area (TPSA) is 76.2 Å². The molecule has 0 aliphatic heterocycles. The van der Waals surface area contributed by atoms with Crippen molar-refractivity contribution < 1.29 is 26.5 Å². The summed E-state index contributed by atoms with van der Waals surface area (Å²) in [5.41, 5.74) is 2.20. The molecule has 4 aromatic carbocycles. The highest BCUT2D eigenvalue weighted by molar-refractivity contribution is 7.87. The van der Waals surface area contributed by atoms with Crippen LogP contribution >= 0.6 is 11.6 Å². The summed E-state index contributed by atoms with van der Waals surface area (Å²) in [5, 5.41) is 0.280. The maximum Gasteiger partial charge on any atom is 0.339 e. The molecule has 0 N–H and O–H groups in total. The van der Waals surface area contributed by atoms with E-state index in [1.807, 2.05) is 19.9 Å². The lowest BCUT2D eigenvalue weighted by atomic mass is 10.1. The van der Waals surface area contributed by atoms with E-state index in [1.54, 1.807) is 48.5 Å². The molecule has 10 heteroatoms. The fourth-order valence-electron chi connectivity index (χ4n) is 4.47. The Morgan fingerprint density at radius 2 is 1.55 bits per heavy atom. The fourth-order valence-corrected chi connectivity index (χ4v) is 5.64. The van der Waals surface area contributed by atoms with Crippen molar-refractivity contribution in [3.05, 3.63) is 119 Å². The Balaban J connectivity index is 1.76. The minimum atomic E-state index is -4.24. The van der Waals surface area contributed by atoms with Crippen molar-refractivity contribution in [2.75, 3.05) is 25.1 Å². The second-order valence-electron chi connectivity index (χ2n) is 9.44. The molecule has 0 aliphatic rings. The molecule has 0 bridgehead atoms. The van der Waals surface area contributed by atoms with Crippen LogP contribution in [0.1, 0.15) is 35.3 Å². The van der Waals surface area contributed by atoms with Crippen LogP contribution in [0.5, 0.6) is 11.5 Å². The molecule has 0 spiro atoms. The van der Waals surface area contributed by atoms with E-state index >= 15 is 0 Å². The number of carbonyl (C=O) groups excluding carboxylic acids is 1. The quantitative estimate of drug-likeness (QED) is 0.162. The largest absolute Gasteiger partial charge is 0.497 e. The van der Waals surface area contributed by atoms with Gasteiger partial charge in [0.15, 0.2) is 0 Å². The van der Waals surface area contributed by atoms with Gasteiger partial charge in [-0.15, -0.1) is 0 Å². The van der Waals surface area contributed by atoms with Gasteiger partial charge in [-0.25, -0.2) is 4.39 Å². The first kappa shape index (κ1) is 30.9. The summed E-state index contributed by atoms with van der Waals surface area (Å²) in [5.74, 6) is -0.171. The van der Waals surface area contributed by atoms with Crippen molar-refractivity contribution in [3.63, 3.8) is 0 Å². The molecule has 220 valence electrons. The van der Waals surface area contributed by atoms with Crippen molar-refractivity contribution in [2.24, 2.45) is 0 Å². The van der Waals surface area contributed by atoms with E-state index in [-0.39, 0.29) is 40.2 Å². The highest BCUT2D eigenvalue weighted by Crippen LogP contribution is 2.31. The molecule has 7 nitrogen and oxygen atoms in total. The molecule has 0 aromatic heterocycles. The van der Waals surface area contributed by atoms with Gasteiger partial charge in [-0.1, -0.05) is 41.9 Å². The summed E-state index contributed by atoms with van der Waals surface area (Å²) in [4.78, 5) is 17.3. The zero-order valence-electron chi connectivity index (χ0n) is 23.6. The fraction of sp³-hybridized carbons (Fsp3) is 0.219. The molecule has 0 aliphatic carbocycles. The second kappa shape index (κ2) is 13.7. The third kappa shape index (κ3) is 7.40. The maximum atomic E-state index is 13.8. The smallest absolute Gasteiger partial charge is 0.339 e. The average molecular weight is 611 g/mol. The highest BCUT2D eigenvalue weighted by Gasteiger charge is 2.24. The van der Waals surface area contributed by atoms with Gasteiger partial charge in [0.2, 0.25) is 0 Å². The summed E-state index contributed by atoms with van der Waals surface area (Å²) in [6, 6.07) is 23.7. The van der Waals surface area contributed by atoms with Crippen molar-refractivity contribution >= 4 is 33.3 Å². The van der Waals surface area contributed by atoms with Gasteiger partial charge in [-0.05, 0) is 74.0 Å². The standard InChI is InChI=1S/C32H32ClFN2O5S/c1-4-35(5-2)26-15-12-24(31(20-26)41-42(38,39)28-18-16-27(40-3)17-19-28)22-36(21-23-10-13-25(34)14-11-23)32(37)29-8-6-7-9-30(29)33/h6-20H,4-5,21-22H2,1-3H3. The highest BCUT2D eigenvalue weighted by atomic mass is 35.5. The van der Waals surface area contributed by atoms with Gasteiger partial charge < -0.3 is 18.7 Å². The lowest BCUT2D eigenvalue weighted by Crippen LogP contribution is -2.31. The number of hydrogen-bond donors (Lipinski definition) is 0. The first-order valence-corrected chi connectivity index (χ1v) is 15.2. The maximum absolute atomic E-state index is 13.8. The van der Waals surface area contributed by atoms with Gasteiger partial charge in [0, 0.05) is 37.0 Å². The van der Waals surface area contributed by atoms with Gasteiger partial charge in [-0.2, -0.15) is 8.42 Å². The van der Waals surface area contributed by atoms with Crippen LogP contribution in [-0.2, 0) is 23.2 Å². The first-order valence-electron chi connectivity index (χ1n) is 13.4. The summed E-state index contributed by atoms with van der Waals surface area (Å²) in [6.07, 6.45) is 0. The number of rotatable bonds is 12. The number of halogens is 2. The van der Waals surface area contributed by atoms with Gasteiger partial charge in [0.25, 0.3) is 5.91 Å². The molecule has 0 heterocycles. The first-order chi connectivity index (χ1) is 20.1. The summed E-state index contributed by atoms with van der Waals surface area (Å²) >= 11 is 6.37. The van der Waals surface area contributed by atoms with Crippen LogP contribution < -0.4 is 13.8 Å². The molecule has 0 saturated carbocycles. The molecule has 0 radical (unpaired) electrons. The van der Waals surface area contributed by atoms with E-state index in [2.05, 4.69) is 4.90 Å². The third-order valence-corrected chi connectivity index (χ3v) is 8.34. The van der Waals surface area contributed by atoms with Gasteiger partial charge >= 0.3 is 10.1 Å². The van der Waals surface area contributed by atoms with Gasteiger partial charge in [0.05, 0.1) is 24.2 Å². The predicted molar refractivity (Wildman–Crippen MR) is 162 cm³/mol. The Hall–Kier alpha value is -4.08. The van der Waals surface area contributed by atoms with Crippen LogP contribution in [0.3, 0.4) is 0 Å². The molecule has 42 heavy (non-hydrogen) atoms. The Labute approximate surface area is 251 Å². The van der Waals surface area contributed by atoms with Crippen LogP contribution in [0.4, 0.5) is 10.1 Å². The number of amides is 1. The number of benzene rings is 4. The third-order valence-electron chi connectivity index (χ3n) is 6.77. The predicted octanol–water partition coefficient (Wildman–Crippen LogP) is 6.94. The van der Waals surface area contributed by atoms with Crippen molar-refractivity contribution in [2.45, 2.75) is 31.8 Å². The van der Waals surface area contributed by atoms with E-state index in [0.717, 1.165) is 5.69 Å². The van der Waals surface area contributed by atoms with E-state index < -0.39 is 15.9 Å². The van der Waals surface area contributed by atoms with Crippen molar-refractivity contribution in [1.29, 1.82) is 0 Å². The molecular weight excluding hydrogens is 579 g/mol. The number of nitrogens with zero attached hydrogens (tertiary/aromatic N) is 2.